The Morgan fingerprint density at radius 1 is 1.47 bits per heavy atom. The first kappa shape index (κ1) is 9.96. The van der Waals surface area contributed by atoms with E-state index < -0.39 is 0 Å². The van der Waals surface area contributed by atoms with Crippen LogP contribution in [0.3, 0.4) is 0 Å². The lowest BCUT2D eigenvalue weighted by molar-refractivity contribution is 0.0662. The molecule has 0 saturated heterocycles. The Morgan fingerprint density at radius 3 is 2.93 bits per heavy atom. The van der Waals surface area contributed by atoms with Crippen LogP contribution >= 0.6 is 0 Å². The molecule has 4 nitrogen and oxygen atoms in total. The Hall–Kier alpha value is -1.58. The predicted molar refractivity (Wildman–Crippen MR) is 57.4 cm³/mol. The molecular weight excluding hydrogens is 192 g/mol. The third-order valence-electron chi connectivity index (χ3n) is 2.58. The van der Waals surface area contributed by atoms with E-state index in [4.69, 9.17) is 4.74 Å². The van der Waals surface area contributed by atoms with Crippen LogP contribution in [-0.4, -0.2) is 5.60 Å². The highest BCUT2D eigenvalue weighted by atomic mass is 16.5. The quantitative estimate of drug-likeness (QED) is 0.597. The Balaban J connectivity index is 2.38. The average molecular weight is 206 g/mol. The van der Waals surface area contributed by atoms with Gasteiger partial charge in [-0.3, -0.25) is 5.43 Å². The fourth-order valence-electron chi connectivity index (χ4n) is 1.98. The van der Waals surface area contributed by atoms with E-state index in [0.29, 0.717) is 0 Å². The fourth-order valence-corrected chi connectivity index (χ4v) is 1.98. The van der Waals surface area contributed by atoms with Gasteiger partial charge in [0.05, 0.1) is 11.3 Å². The molecule has 15 heavy (non-hydrogen) atoms. The van der Waals surface area contributed by atoms with Gasteiger partial charge in [0.15, 0.2) is 0 Å². The van der Waals surface area contributed by atoms with Crippen LogP contribution in [0.5, 0.6) is 5.75 Å². The second-order valence-electron chi connectivity index (χ2n) is 4.38. The fraction of sp³-hybridized carbons (Fsp3) is 0.455. The molecule has 0 saturated carbocycles. The van der Waals surface area contributed by atoms with Crippen molar-refractivity contribution in [1.29, 1.82) is 0 Å². The molecule has 1 aliphatic rings. The molecular formula is C11H14N2O2. The minimum atomic E-state index is -0.267. The van der Waals surface area contributed by atoms with Crippen LogP contribution in [0, 0.1) is 4.91 Å². The van der Waals surface area contributed by atoms with Crippen LogP contribution in [0.15, 0.2) is 29.6 Å². The van der Waals surface area contributed by atoms with E-state index in [-0.39, 0.29) is 11.6 Å². The van der Waals surface area contributed by atoms with Crippen LogP contribution in [0.2, 0.25) is 0 Å². The molecule has 2 rings (SSSR count). The number of ether oxygens (including phenoxy) is 1. The van der Waals surface area contributed by atoms with Crippen molar-refractivity contribution in [3.05, 3.63) is 34.7 Å². The smallest absolute Gasteiger partial charge is 0.125 e. The van der Waals surface area contributed by atoms with Crippen molar-refractivity contribution >= 4 is 0 Å². The maximum absolute atomic E-state index is 10.3. The average Bonchev–Trinajstić information content (AvgIpc) is 2.16. The lowest BCUT2D eigenvalue weighted by atomic mass is 9.90. The first-order valence-corrected chi connectivity index (χ1v) is 4.98. The van der Waals surface area contributed by atoms with Crippen LogP contribution in [0.25, 0.3) is 0 Å². The molecule has 0 bridgehead atoms. The third-order valence-corrected chi connectivity index (χ3v) is 2.58. The molecule has 80 valence electrons. The minimum Gasteiger partial charge on any atom is -0.487 e. The van der Waals surface area contributed by atoms with Crippen molar-refractivity contribution < 1.29 is 4.74 Å². The van der Waals surface area contributed by atoms with Crippen LogP contribution in [0.1, 0.15) is 31.9 Å². The van der Waals surface area contributed by atoms with Crippen molar-refractivity contribution in [2.24, 2.45) is 5.29 Å². The number of fused-ring (bicyclic) bond motifs is 1. The first-order valence-electron chi connectivity index (χ1n) is 4.98. The van der Waals surface area contributed by atoms with Crippen molar-refractivity contribution in [1.82, 2.24) is 5.43 Å². The molecule has 1 aromatic rings. The van der Waals surface area contributed by atoms with E-state index >= 15 is 0 Å². The normalized spacial score (nSPS) is 22.4. The molecule has 1 heterocycles. The van der Waals surface area contributed by atoms with Gasteiger partial charge in [0, 0.05) is 12.0 Å². The second kappa shape index (κ2) is 3.53. The van der Waals surface area contributed by atoms with Gasteiger partial charge < -0.3 is 4.74 Å². The number of nitrogens with one attached hydrogen (secondary N) is 1. The Morgan fingerprint density at radius 2 is 2.20 bits per heavy atom. The summed E-state index contributed by atoms with van der Waals surface area (Å²) in [7, 11) is 0. The maximum atomic E-state index is 10.3. The van der Waals surface area contributed by atoms with Gasteiger partial charge in [-0.25, -0.2) is 0 Å². The molecule has 1 atom stereocenters. The summed E-state index contributed by atoms with van der Waals surface area (Å²) in [5.74, 6) is 0.829. The summed E-state index contributed by atoms with van der Waals surface area (Å²) in [5.41, 5.74) is 3.32. The Kier molecular flexibility index (Phi) is 2.34. The van der Waals surface area contributed by atoms with E-state index in [2.05, 4.69) is 10.7 Å². The van der Waals surface area contributed by atoms with Gasteiger partial charge in [0.1, 0.15) is 11.4 Å². The zero-order chi connectivity index (χ0) is 10.9. The number of hydrogen-bond acceptors (Lipinski definition) is 3. The molecule has 0 radical (unpaired) electrons. The van der Waals surface area contributed by atoms with Crippen molar-refractivity contribution in [2.45, 2.75) is 31.9 Å². The molecule has 0 aliphatic carbocycles. The van der Waals surface area contributed by atoms with Gasteiger partial charge in [-0.15, -0.1) is 4.91 Å². The maximum Gasteiger partial charge on any atom is 0.125 e. The van der Waals surface area contributed by atoms with Crippen molar-refractivity contribution in [2.75, 3.05) is 0 Å². The summed E-state index contributed by atoms with van der Waals surface area (Å²) in [6.07, 6.45) is 0.732. The Bertz CT molecular complexity index is 377. The predicted octanol–water partition coefficient (Wildman–Crippen LogP) is 2.56. The summed E-state index contributed by atoms with van der Waals surface area (Å²) >= 11 is 0. The zero-order valence-corrected chi connectivity index (χ0v) is 8.86. The van der Waals surface area contributed by atoms with Crippen molar-refractivity contribution in [3.63, 3.8) is 0 Å². The third kappa shape index (κ3) is 1.93. The molecule has 1 N–H and O–H groups in total. The van der Waals surface area contributed by atoms with Crippen molar-refractivity contribution in [3.8, 4) is 5.75 Å². The molecule has 0 fully saturated rings. The largest absolute Gasteiger partial charge is 0.487 e. The number of benzene rings is 1. The van der Waals surface area contributed by atoms with Crippen LogP contribution < -0.4 is 10.2 Å². The SMILES string of the molecule is CC1(C)C[C@H](NN=O)c2ccccc2O1. The second-order valence-corrected chi connectivity index (χ2v) is 4.38. The number of hydrogen-bond donors (Lipinski definition) is 1. The lowest BCUT2D eigenvalue weighted by Crippen LogP contribution is -2.38. The van der Waals surface area contributed by atoms with E-state index in [1.165, 1.54) is 0 Å². The number of nitroso groups, excluding NO2 is 1. The minimum absolute atomic E-state index is 0.0533. The van der Waals surface area contributed by atoms with Gasteiger partial charge in [-0.1, -0.05) is 18.2 Å². The van der Waals surface area contributed by atoms with E-state index in [1.54, 1.807) is 0 Å². The van der Waals surface area contributed by atoms with E-state index in [0.717, 1.165) is 17.7 Å². The zero-order valence-electron chi connectivity index (χ0n) is 8.86. The number of rotatable bonds is 2. The summed E-state index contributed by atoms with van der Waals surface area (Å²) < 4.78 is 5.81. The van der Waals surface area contributed by atoms with Gasteiger partial charge in [-0.05, 0) is 19.9 Å². The number of nitrogens with zero attached hydrogens (tertiary/aromatic N) is 1. The summed E-state index contributed by atoms with van der Waals surface area (Å²) in [4.78, 5) is 10.3. The highest BCUT2D eigenvalue weighted by molar-refractivity contribution is 5.38. The molecule has 0 unspecified atom stereocenters. The molecule has 1 aliphatic heterocycles. The molecule has 0 aromatic heterocycles. The summed E-state index contributed by atoms with van der Waals surface area (Å²) in [6.45, 7) is 4.00. The van der Waals surface area contributed by atoms with Gasteiger partial charge in [0.2, 0.25) is 0 Å². The van der Waals surface area contributed by atoms with Crippen LogP contribution in [-0.2, 0) is 0 Å². The van der Waals surface area contributed by atoms with E-state index in [1.807, 2.05) is 38.1 Å². The van der Waals surface area contributed by atoms with Gasteiger partial charge >= 0.3 is 0 Å². The highest BCUT2D eigenvalue weighted by Gasteiger charge is 2.33. The summed E-state index contributed by atoms with van der Waals surface area (Å²) in [6, 6.07) is 7.66. The molecule has 4 heteroatoms. The van der Waals surface area contributed by atoms with Crippen LogP contribution in [0.4, 0.5) is 0 Å². The van der Waals surface area contributed by atoms with Gasteiger partial charge in [0.25, 0.3) is 0 Å². The van der Waals surface area contributed by atoms with E-state index in [9.17, 15) is 4.91 Å². The molecule has 0 spiro atoms. The highest BCUT2D eigenvalue weighted by Crippen LogP contribution is 2.38. The number of para-hydroxylation sites is 1. The Labute approximate surface area is 88.6 Å². The standard InChI is InChI=1S/C11H14N2O2/c1-11(2)7-9(12-13-14)8-5-3-4-6-10(8)15-11/h3-6,9H,7H2,1-2H3,(H,12,14)/t9-/m0/s1. The lowest BCUT2D eigenvalue weighted by Gasteiger charge is -2.36. The summed E-state index contributed by atoms with van der Waals surface area (Å²) in [5, 5.41) is 2.77. The first-order chi connectivity index (χ1) is 7.12. The molecule has 1 aromatic carbocycles. The molecule has 0 amide bonds. The topological polar surface area (TPSA) is 50.7 Å². The monoisotopic (exact) mass is 206 g/mol. The van der Waals surface area contributed by atoms with Gasteiger partial charge in [-0.2, -0.15) is 0 Å².